The van der Waals surface area contributed by atoms with Crippen molar-refractivity contribution in [2.75, 3.05) is 26.3 Å². The van der Waals surface area contributed by atoms with Crippen molar-refractivity contribution in [1.82, 2.24) is 4.90 Å². The number of nitrogens with zero attached hydrogens (tertiary/aromatic N) is 1. The van der Waals surface area contributed by atoms with Gasteiger partial charge in [-0.2, -0.15) is 0 Å². The maximum atomic E-state index is 14.7. The number of halogens is 3. The van der Waals surface area contributed by atoms with Gasteiger partial charge < -0.3 is 4.90 Å². The summed E-state index contributed by atoms with van der Waals surface area (Å²) in [5.74, 6) is -2.10. The van der Waals surface area contributed by atoms with E-state index in [0.29, 0.717) is 18.8 Å². The summed E-state index contributed by atoms with van der Waals surface area (Å²) in [7, 11) is 0. The number of aryl methyl sites for hydroxylation is 1. The zero-order chi connectivity index (χ0) is 25.4. The van der Waals surface area contributed by atoms with E-state index in [1.807, 2.05) is 6.07 Å². The summed E-state index contributed by atoms with van der Waals surface area (Å²) in [4.78, 5) is 2.33. The second-order valence-electron chi connectivity index (χ2n) is 11.0. The van der Waals surface area contributed by atoms with Crippen LogP contribution >= 0.6 is 0 Å². The van der Waals surface area contributed by atoms with Gasteiger partial charge in [-0.15, -0.1) is 0 Å². The highest BCUT2D eigenvalue weighted by molar-refractivity contribution is 6.00. The Labute approximate surface area is 218 Å². The summed E-state index contributed by atoms with van der Waals surface area (Å²) in [5.41, 5.74) is 9.50. The fraction of sp³-hybridized carbons (Fsp3) is 0.394. The van der Waals surface area contributed by atoms with Gasteiger partial charge in [0.1, 0.15) is 0 Å². The fourth-order valence-electron chi connectivity index (χ4n) is 6.64. The van der Waals surface area contributed by atoms with Crippen LogP contribution < -0.4 is 0 Å². The first-order valence-electron chi connectivity index (χ1n) is 13.7. The number of hydrogen-bond acceptors (Lipinski definition) is 1. The molecule has 0 aromatic heterocycles. The van der Waals surface area contributed by atoms with E-state index in [-0.39, 0.29) is 18.7 Å². The molecule has 1 fully saturated rings. The van der Waals surface area contributed by atoms with E-state index < -0.39 is 5.92 Å². The van der Waals surface area contributed by atoms with Crippen molar-refractivity contribution in [3.05, 3.63) is 106 Å². The highest BCUT2D eigenvalue weighted by Gasteiger charge is 2.40. The third-order valence-corrected chi connectivity index (χ3v) is 8.45. The molecule has 4 heteroatoms. The minimum Gasteiger partial charge on any atom is -0.303 e. The third kappa shape index (κ3) is 4.77. The maximum Gasteiger partial charge on any atom is 0.273 e. The minimum atomic E-state index is -2.74. The molecular weight excluding hydrogens is 467 g/mol. The number of fused-ring (bicyclic) bond motifs is 2. The second-order valence-corrected chi connectivity index (χ2v) is 11.0. The number of alkyl halides is 3. The van der Waals surface area contributed by atoms with Gasteiger partial charge >= 0.3 is 0 Å². The standard InChI is InChI=1S/C33H34F3N/c34-18-5-19-37-21-24(22-37)20-23-12-14-26(15-13-23)32-27-8-2-1-6-25(27)7-3-10-30(32)28-9-4-11-31-29(28)16-17-33(31,35)36/h1-2,4,6,8-9,11-15,24H,3,5,7,10,16-22H2. The molecule has 37 heavy (non-hydrogen) atoms. The minimum absolute atomic E-state index is 0.0976. The van der Waals surface area contributed by atoms with Crippen LogP contribution in [-0.2, 0) is 25.2 Å². The van der Waals surface area contributed by atoms with Crippen molar-refractivity contribution in [2.45, 2.75) is 50.9 Å². The van der Waals surface area contributed by atoms with E-state index in [9.17, 15) is 13.2 Å². The van der Waals surface area contributed by atoms with Crippen molar-refractivity contribution in [1.29, 1.82) is 0 Å². The Morgan fingerprint density at radius 2 is 1.62 bits per heavy atom. The molecule has 0 amide bonds. The molecular formula is C33H34F3N. The van der Waals surface area contributed by atoms with Crippen LogP contribution in [0.3, 0.4) is 0 Å². The van der Waals surface area contributed by atoms with Crippen LogP contribution in [0.15, 0.2) is 66.7 Å². The average molecular weight is 502 g/mol. The fourth-order valence-corrected chi connectivity index (χ4v) is 6.64. The van der Waals surface area contributed by atoms with Crippen molar-refractivity contribution in [3.8, 4) is 0 Å². The molecule has 1 nitrogen and oxygen atoms in total. The molecule has 2 aliphatic carbocycles. The molecule has 0 atom stereocenters. The lowest BCUT2D eigenvalue weighted by atomic mass is 9.84. The van der Waals surface area contributed by atoms with Crippen molar-refractivity contribution >= 4 is 11.1 Å². The summed E-state index contributed by atoms with van der Waals surface area (Å²) in [5, 5.41) is 0. The highest BCUT2D eigenvalue weighted by Crippen LogP contribution is 2.47. The zero-order valence-electron chi connectivity index (χ0n) is 21.3. The molecule has 0 N–H and O–H groups in total. The SMILES string of the molecule is FCCCN1CC(Cc2ccc(C3=C(c4cccc5c4CCC5(F)F)CCCc4ccccc43)cc2)C1. The van der Waals surface area contributed by atoms with Gasteiger partial charge in [0, 0.05) is 31.6 Å². The first-order valence-corrected chi connectivity index (χ1v) is 13.7. The number of benzene rings is 3. The van der Waals surface area contributed by atoms with Crippen molar-refractivity contribution in [3.63, 3.8) is 0 Å². The van der Waals surface area contributed by atoms with E-state index in [0.717, 1.165) is 62.0 Å². The summed E-state index contributed by atoms with van der Waals surface area (Å²) in [6, 6.07) is 23.0. The Balaban J connectivity index is 1.36. The second kappa shape index (κ2) is 10.1. The van der Waals surface area contributed by atoms with Gasteiger partial charge in [-0.1, -0.05) is 66.7 Å². The monoisotopic (exact) mass is 501 g/mol. The van der Waals surface area contributed by atoms with Gasteiger partial charge in [0.25, 0.3) is 5.92 Å². The molecule has 0 saturated carbocycles. The Morgan fingerprint density at radius 1 is 0.838 bits per heavy atom. The topological polar surface area (TPSA) is 3.24 Å². The molecule has 6 rings (SSSR count). The number of rotatable bonds is 7. The number of allylic oxidation sites excluding steroid dienone is 1. The highest BCUT2D eigenvalue weighted by atomic mass is 19.3. The first kappa shape index (κ1) is 24.5. The summed E-state index contributed by atoms with van der Waals surface area (Å²) < 4.78 is 41.8. The molecule has 3 aliphatic rings. The van der Waals surface area contributed by atoms with E-state index in [4.69, 9.17) is 0 Å². The van der Waals surface area contributed by atoms with Gasteiger partial charge in [-0.3, -0.25) is 4.39 Å². The number of hydrogen-bond donors (Lipinski definition) is 0. The molecule has 0 unspecified atom stereocenters. The lowest BCUT2D eigenvalue weighted by Crippen LogP contribution is -2.47. The first-order chi connectivity index (χ1) is 18.0. The van der Waals surface area contributed by atoms with Crippen LogP contribution in [0.1, 0.15) is 64.6 Å². The summed E-state index contributed by atoms with van der Waals surface area (Å²) >= 11 is 0. The van der Waals surface area contributed by atoms with Gasteiger partial charge in [-0.05, 0) is 89.0 Å². The Bertz CT molecular complexity index is 1300. The van der Waals surface area contributed by atoms with E-state index in [1.54, 1.807) is 6.07 Å². The Hall–Kier alpha value is -2.85. The summed E-state index contributed by atoms with van der Waals surface area (Å²) in [6.45, 7) is 2.72. The van der Waals surface area contributed by atoms with E-state index in [1.165, 1.54) is 27.8 Å². The van der Waals surface area contributed by atoms with Gasteiger partial charge in [0.15, 0.2) is 0 Å². The predicted octanol–water partition coefficient (Wildman–Crippen LogP) is 7.85. The smallest absolute Gasteiger partial charge is 0.273 e. The van der Waals surface area contributed by atoms with Crippen LogP contribution in [0.2, 0.25) is 0 Å². The third-order valence-electron chi connectivity index (χ3n) is 8.45. The summed E-state index contributed by atoms with van der Waals surface area (Å²) in [6.07, 6.45) is 4.88. The normalized spacial score (nSPS) is 19.3. The Morgan fingerprint density at radius 3 is 2.43 bits per heavy atom. The molecule has 3 aromatic carbocycles. The average Bonchev–Trinajstić information content (AvgIpc) is 3.08. The van der Waals surface area contributed by atoms with Crippen LogP contribution in [0.25, 0.3) is 11.1 Å². The lowest BCUT2D eigenvalue weighted by molar-refractivity contribution is -0.00184. The van der Waals surface area contributed by atoms with E-state index in [2.05, 4.69) is 59.5 Å². The van der Waals surface area contributed by atoms with Gasteiger partial charge in [0.05, 0.1) is 6.67 Å². The molecule has 192 valence electrons. The largest absolute Gasteiger partial charge is 0.303 e. The van der Waals surface area contributed by atoms with Gasteiger partial charge in [-0.25, -0.2) is 8.78 Å². The molecule has 1 saturated heterocycles. The maximum absolute atomic E-state index is 14.7. The molecule has 0 radical (unpaired) electrons. The quantitative estimate of drug-likeness (QED) is 0.319. The van der Waals surface area contributed by atoms with Crippen LogP contribution in [0.4, 0.5) is 13.2 Å². The van der Waals surface area contributed by atoms with E-state index >= 15 is 0 Å². The van der Waals surface area contributed by atoms with Crippen LogP contribution in [0.5, 0.6) is 0 Å². The number of likely N-dealkylation sites (tertiary alicyclic amines) is 1. The van der Waals surface area contributed by atoms with Crippen molar-refractivity contribution < 1.29 is 13.2 Å². The molecule has 1 aliphatic heterocycles. The lowest BCUT2D eigenvalue weighted by Gasteiger charge is -2.39. The van der Waals surface area contributed by atoms with Crippen LogP contribution in [-0.4, -0.2) is 31.2 Å². The van der Waals surface area contributed by atoms with Gasteiger partial charge in [0.2, 0.25) is 0 Å². The van der Waals surface area contributed by atoms with Crippen LogP contribution in [0, 0.1) is 5.92 Å². The molecule has 3 aromatic rings. The molecule has 0 spiro atoms. The Kier molecular flexibility index (Phi) is 6.71. The van der Waals surface area contributed by atoms with Crippen molar-refractivity contribution in [2.24, 2.45) is 5.92 Å². The molecule has 0 bridgehead atoms. The predicted molar refractivity (Wildman–Crippen MR) is 145 cm³/mol. The zero-order valence-corrected chi connectivity index (χ0v) is 21.3. The molecule has 1 heterocycles.